The summed E-state index contributed by atoms with van der Waals surface area (Å²) in [4.78, 5) is 131. The number of carboxylic acid groups (broad SMARTS) is 3. The molecule has 0 aromatic heterocycles. The second kappa shape index (κ2) is 61.0. The Hall–Kier alpha value is -5.56. The summed E-state index contributed by atoms with van der Waals surface area (Å²) in [5.41, 5.74) is 0.00996. The van der Waals surface area contributed by atoms with E-state index in [1.165, 1.54) is 25.7 Å². The van der Waals surface area contributed by atoms with Gasteiger partial charge in [0.15, 0.2) is 5.52 Å². The topological polar surface area (TPSA) is 419 Å². The third-order valence-corrected chi connectivity index (χ3v) is 13.7. The van der Waals surface area contributed by atoms with Crippen LogP contribution >= 0.6 is 9.24 Å². The van der Waals surface area contributed by atoms with E-state index in [1.54, 1.807) is 7.05 Å². The Labute approximate surface area is 532 Å². The van der Waals surface area contributed by atoms with Crippen LogP contribution in [-0.2, 0) is 90.6 Å². The van der Waals surface area contributed by atoms with Crippen molar-refractivity contribution in [3.8, 4) is 0 Å². The van der Waals surface area contributed by atoms with Crippen LogP contribution in [0, 0.1) is 0 Å². The minimum Gasteiger partial charge on any atom is -0.481 e. The number of unbranched alkanes of at least 4 members (excludes halogenated alkanes) is 14. The van der Waals surface area contributed by atoms with Crippen molar-refractivity contribution in [1.29, 1.82) is 0 Å². The molecule has 0 saturated heterocycles. The summed E-state index contributed by atoms with van der Waals surface area (Å²) < 4.78 is 42.7. The lowest BCUT2D eigenvalue weighted by atomic mass is 10.0. The molecule has 0 aliphatic heterocycles. The number of carbonyl (C=O) groups excluding carboxylic acids is 8. The van der Waals surface area contributed by atoms with E-state index >= 15 is 0 Å². The van der Waals surface area contributed by atoms with Crippen molar-refractivity contribution in [2.45, 2.75) is 166 Å². The van der Waals surface area contributed by atoms with Crippen molar-refractivity contribution in [3.05, 3.63) is 0 Å². The molecule has 0 spiro atoms. The summed E-state index contributed by atoms with van der Waals surface area (Å²) in [6.45, 7) is 2.84. The normalized spacial score (nSPS) is 12.1. The number of carbonyl (C=O) groups is 11. The van der Waals surface area contributed by atoms with E-state index in [4.69, 9.17) is 43.0 Å². The van der Waals surface area contributed by atoms with Crippen LogP contribution in [0.25, 0.3) is 0 Å². The van der Waals surface area contributed by atoms with Gasteiger partial charge in [0.1, 0.15) is 38.5 Å². The molecule has 4 atom stereocenters. The van der Waals surface area contributed by atoms with Crippen LogP contribution in [0.1, 0.15) is 148 Å². The third kappa shape index (κ3) is 57.6. The predicted molar refractivity (Wildman–Crippen MR) is 332 cm³/mol. The summed E-state index contributed by atoms with van der Waals surface area (Å²) in [5, 5.41) is 48.9. The Morgan fingerprint density at radius 3 is 0.944 bits per heavy atom. The van der Waals surface area contributed by atoms with Gasteiger partial charge in [-0.1, -0.05) is 86.3 Å². The van der Waals surface area contributed by atoms with Gasteiger partial charge in [-0.15, -0.1) is 0 Å². The lowest BCUT2D eigenvalue weighted by Crippen LogP contribution is -2.44. The Bertz CT molecular complexity index is 1980. The van der Waals surface area contributed by atoms with Gasteiger partial charge in [-0.2, -0.15) is 0 Å². The van der Waals surface area contributed by atoms with E-state index in [1.807, 2.05) is 0 Å². The van der Waals surface area contributed by atoms with Crippen LogP contribution in [0.4, 0.5) is 0 Å². The molecule has 31 heteroatoms. The average molecular weight is 1310 g/mol. The molecule has 0 aromatic rings. The molecule has 0 saturated carbocycles. The highest BCUT2D eigenvalue weighted by atomic mass is 31.0. The quantitative estimate of drug-likeness (QED) is 0.0297. The fourth-order valence-corrected chi connectivity index (χ4v) is 8.63. The summed E-state index contributed by atoms with van der Waals surface area (Å²) in [6, 6.07) is -2.93. The van der Waals surface area contributed by atoms with Crippen molar-refractivity contribution in [2.75, 3.05) is 145 Å². The highest BCUT2D eigenvalue weighted by Gasteiger charge is 2.25. The number of rotatable bonds is 66. The maximum absolute atomic E-state index is 12.6. The Morgan fingerprint density at radius 1 is 0.311 bits per heavy atom. The number of hydrogen-bond donors (Lipinski definition) is 11. The van der Waals surface area contributed by atoms with Crippen LogP contribution in [0.15, 0.2) is 0 Å². The van der Waals surface area contributed by atoms with E-state index < -0.39 is 47.7 Å². The van der Waals surface area contributed by atoms with Crippen LogP contribution < -0.4 is 42.5 Å². The molecule has 0 fully saturated rings. The molecule has 0 radical (unpaired) electrons. The zero-order valence-electron chi connectivity index (χ0n) is 53.0. The summed E-state index contributed by atoms with van der Waals surface area (Å²) in [7, 11) is 3.91. The van der Waals surface area contributed by atoms with Crippen LogP contribution in [0.3, 0.4) is 0 Å². The zero-order chi connectivity index (χ0) is 66.5. The van der Waals surface area contributed by atoms with Crippen molar-refractivity contribution >= 4 is 74.0 Å². The number of carboxylic acids is 3. The van der Waals surface area contributed by atoms with Crippen molar-refractivity contribution in [3.63, 3.8) is 0 Å². The van der Waals surface area contributed by atoms with Gasteiger partial charge in [0.2, 0.25) is 41.4 Å². The second-order valence-corrected chi connectivity index (χ2v) is 21.6. The van der Waals surface area contributed by atoms with Crippen LogP contribution in [0.2, 0.25) is 0 Å². The molecule has 0 rings (SSSR count). The average Bonchev–Trinajstić information content (AvgIpc) is 3.72. The van der Waals surface area contributed by atoms with E-state index in [2.05, 4.69) is 51.8 Å². The lowest BCUT2D eigenvalue weighted by molar-refractivity contribution is -0.143. The van der Waals surface area contributed by atoms with Gasteiger partial charge in [0, 0.05) is 58.4 Å². The molecular formula is C59H107N8O22P. The predicted octanol–water partition coefficient (Wildman–Crippen LogP) is 0.886. The Kier molecular flexibility index (Phi) is 57.2. The molecule has 520 valence electrons. The summed E-state index contributed by atoms with van der Waals surface area (Å²) in [5.74, 6) is -6.37. The number of nitrogens with one attached hydrogen (secondary N) is 8. The van der Waals surface area contributed by atoms with Gasteiger partial charge in [-0.3, -0.25) is 43.2 Å². The van der Waals surface area contributed by atoms with E-state index in [-0.39, 0.29) is 206 Å². The number of ether oxygens (including phenoxy) is 8. The standard InChI is InChI=1S/C59H107N8O22P/c1-60-48(59(81)90)18-16-17-25-61-52(71)42-86-38-35-83-31-27-63-54(73)44-88-40-37-85-33-29-65-55(74)45-89-41-36-84-32-28-64-53(72)43-87-39-34-82-30-26-62-49(68)23-21-46(57(77)78)67-51(70)24-22-47(58(79)80)66-50(69)19-14-12-10-8-6-4-2-3-5-7-9-11-13-15-20-56(75)76/h46-48,60H,2-45,90H2,1H3,(H,61,71)(H,62,68)(H,63,73)(H,64,72)(H,65,74)(H,66,69)(H,67,70)(H,75,76)(H,77,78)(H,79,80). The molecule has 4 unspecified atom stereocenters. The summed E-state index contributed by atoms with van der Waals surface area (Å²) >= 11 is 0. The third-order valence-electron chi connectivity index (χ3n) is 13.3. The largest absolute Gasteiger partial charge is 0.481 e. The van der Waals surface area contributed by atoms with Gasteiger partial charge in [-0.25, -0.2) is 9.59 Å². The Balaban J connectivity index is 3.76. The first-order valence-electron chi connectivity index (χ1n) is 31.6. The molecule has 0 bridgehead atoms. The van der Waals surface area contributed by atoms with Crippen molar-refractivity contribution < 1.29 is 106 Å². The molecule has 30 nitrogen and oxygen atoms in total. The molecule has 0 aliphatic carbocycles. The number of likely N-dealkylation sites (N-methyl/N-ethyl adjacent to an activating group) is 1. The minimum absolute atomic E-state index is 0.00996. The number of aliphatic carboxylic acids is 3. The maximum Gasteiger partial charge on any atom is 0.326 e. The first kappa shape index (κ1) is 84.4. The van der Waals surface area contributed by atoms with E-state index in [0.29, 0.717) is 19.4 Å². The van der Waals surface area contributed by atoms with Gasteiger partial charge in [-0.05, 0) is 52.0 Å². The molecule has 0 aliphatic rings. The molecule has 7 amide bonds. The van der Waals surface area contributed by atoms with Crippen molar-refractivity contribution in [1.82, 2.24) is 42.5 Å². The monoisotopic (exact) mass is 1310 g/mol. The zero-order valence-corrected chi connectivity index (χ0v) is 54.2. The highest BCUT2D eigenvalue weighted by molar-refractivity contribution is 7.40. The number of amides is 7. The second-order valence-electron chi connectivity index (χ2n) is 21.0. The molecule has 0 aromatic carbocycles. The summed E-state index contributed by atoms with van der Waals surface area (Å²) in [6.07, 6.45) is 16.0. The maximum atomic E-state index is 12.6. The van der Waals surface area contributed by atoms with Gasteiger partial charge in [0.25, 0.3) is 0 Å². The van der Waals surface area contributed by atoms with E-state index in [9.17, 15) is 63.0 Å². The molecule has 0 heterocycles. The smallest absolute Gasteiger partial charge is 0.326 e. The molecule has 11 N–H and O–H groups in total. The van der Waals surface area contributed by atoms with Crippen LogP contribution in [-0.4, -0.2) is 244 Å². The minimum atomic E-state index is -1.41. The first-order chi connectivity index (χ1) is 43.4. The molecular weight excluding hydrogens is 1200 g/mol. The van der Waals surface area contributed by atoms with Gasteiger partial charge < -0.3 is 95.7 Å². The van der Waals surface area contributed by atoms with Gasteiger partial charge in [0.05, 0.1) is 85.3 Å². The first-order valence-corrected chi connectivity index (χ1v) is 32.2. The van der Waals surface area contributed by atoms with Crippen LogP contribution in [0.5, 0.6) is 0 Å². The van der Waals surface area contributed by atoms with Crippen molar-refractivity contribution in [2.24, 2.45) is 0 Å². The fraction of sp³-hybridized carbons (Fsp3) is 0.814. The molecule has 90 heavy (non-hydrogen) atoms. The highest BCUT2D eigenvalue weighted by Crippen LogP contribution is 2.14. The van der Waals surface area contributed by atoms with Gasteiger partial charge >= 0.3 is 17.9 Å². The lowest BCUT2D eigenvalue weighted by Gasteiger charge is -2.17. The Morgan fingerprint density at radius 2 is 0.611 bits per heavy atom. The number of hydrogen-bond acceptors (Lipinski definition) is 20. The van der Waals surface area contributed by atoms with E-state index in [0.717, 1.165) is 70.6 Å². The SMILES string of the molecule is CNC(CCCCNC(=O)COCCOCCNC(=O)COCCOCCNC(=O)COCCOCCNC(=O)COCCOCCNC(=O)CCC(NC(=O)CCC(NC(=O)CCCCCCCCCCCCCCCCC(=O)O)C(=O)O)C(=O)O)C(=O)P. The fourth-order valence-electron chi connectivity index (χ4n) is 8.29.